The summed E-state index contributed by atoms with van der Waals surface area (Å²) in [6.45, 7) is 0. The van der Waals surface area contributed by atoms with Crippen LogP contribution in [0.25, 0.3) is 0 Å². The summed E-state index contributed by atoms with van der Waals surface area (Å²) in [5.41, 5.74) is 0.162. The first-order valence-electron chi connectivity index (χ1n) is 7.80. The van der Waals surface area contributed by atoms with Crippen LogP contribution in [-0.4, -0.2) is 17.0 Å². The standard InChI is InChI=1S/C20H13Cl2NO4/c21-17-10-15(16(20(25)26)11-18(17)22)19(24)23-12-6-8-14(9-7-12)27-13-4-2-1-3-5-13/h1-11H,(H,23,24)(H,25,26). The molecule has 0 spiro atoms. The number of carboxylic acids is 1. The fourth-order valence-corrected chi connectivity index (χ4v) is 2.67. The van der Waals surface area contributed by atoms with Crippen LogP contribution in [0.1, 0.15) is 20.7 Å². The Morgan fingerprint density at radius 3 is 1.96 bits per heavy atom. The smallest absolute Gasteiger partial charge is 0.336 e. The number of hydrogen-bond donors (Lipinski definition) is 2. The zero-order valence-electron chi connectivity index (χ0n) is 13.8. The van der Waals surface area contributed by atoms with Crippen molar-refractivity contribution < 1.29 is 19.4 Å². The molecule has 0 radical (unpaired) electrons. The lowest BCUT2D eigenvalue weighted by Gasteiger charge is -2.10. The van der Waals surface area contributed by atoms with E-state index in [1.807, 2.05) is 30.3 Å². The topological polar surface area (TPSA) is 75.6 Å². The molecule has 3 aromatic rings. The summed E-state index contributed by atoms with van der Waals surface area (Å²) in [6, 6.07) is 18.3. The molecular formula is C20H13Cl2NO4. The van der Waals surface area contributed by atoms with Gasteiger partial charge in [0.05, 0.1) is 21.2 Å². The van der Waals surface area contributed by atoms with E-state index in [4.69, 9.17) is 27.9 Å². The Labute approximate surface area is 165 Å². The van der Waals surface area contributed by atoms with Gasteiger partial charge in [-0.15, -0.1) is 0 Å². The fraction of sp³-hybridized carbons (Fsp3) is 0. The summed E-state index contributed by atoms with van der Waals surface area (Å²) in [5, 5.41) is 12.1. The number of carbonyl (C=O) groups is 2. The maximum Gasteiger partial charge on any atom is 0.336 e. The number of ether oxygens (including phenoxy) is 1. The average molecular weight is 402 g/mol. The molecule has 0 aromatic heterocycles. The fourth-order valence-electron chi connectivity index (χ4n) is 2.34. The molecule has 0 saturated heterocycles. The lowest BCUT2D eigenvalue weighted by molar-refractivity contribution is 0.0692. The van der Waals surface area contributed by atoms with E-state index in [-0.39, 0.29) is 21.2 Å². The number of carboxylic acid groups (broad SMARTS) is 1. The van der Waals surface area contributed by atoms with Crippen LogP contribution in [0.3, 0.4) is 0 Å². The van der Waals surface area contributed by atoms with Gasteiger partial charge in [0.1, 0.15) is 11.5 Å². The van der Waals surface area contributed by atoms with Crippen molar-refractivity contribution >= 4 is 40.8 Å². The van der Waals surface area contributed by atoms with Crippen LogP contribution in [-0.2, 0) is 0 Å². The molecule has 7 heteroatoms. The molecule has 0 heterocycles. The second-order valence-electron chi connectivity index (χ2n) is 5.51. The van der Waals surface area contributed by atoms with Crippen LogP contribution < -0.4 is 10.1 Å². The summed E-state index contributed by atoms with van der Waals surface area (Å²) in [5.74, 6) is -0.593. The summed E-state index contributed by atoms with van der Waals surface area (Å²) in [7, 11) is 0. The largest absolute Gasteiger partial charge is 0.478 e. The molecule has 0 fully saturated rings. The number of rotatable bonds is 5. The summed E-state index contributed by atoms with van der Waals surface area (Å²) >= 11 is 11.8. The number of carbonyl (C=O) groups excluding carboxylic acids is 1. The van der Waals surface area contributed by atoms with E-state index >= 15 is 0 Å². The van der Waals surface area contributed by atoms with E-state index in [0.29, 0.717) is 17.2 Å². The van der Waals surface area contributed by atoms with Gasteiger partial charge in [0, 0.05) is 5.69 Å². The average Bonchev–Trinajstić information content (AvgIpc) is 2.66. The molecule has 0 unspecified atom stereocenters. The SMILES string of the molecule is O=C(O)c1cc(Cl)c(Cl)cc1C(=O)Nc1ccc(Oc2ccccc2)cc1. The molecule has 0 aliphatic carbocycles. The Balaban J connectivity index is 1.77. The summed E-state index contributed by atoms with van der Waals surface area (Å²) in [4.78, 5) is 23.8. The highest BCUT2D eigenvalue weighted by Crippen LogP contribution is 2.27. The van der Waals surface area contributed by atoms with Gasteiger partial charge in [0.15, 0.2) is 0 Å². The van der Waals surface area contributed by atoms with Crippen LogP contribution in [0.4, 0.5) is 5.69 Å². The molecule has 1 amide bonds. The molecule has 136 valence electrons. The zero-order valence-corrected chi connectivity index (χ0v) is 15.3. The van der Waals surface area contributed by atoms with Gasteiger partial charge in [0.2, 0.25) is 0 Å². The van der Waals surface area contributed by atoms with Crippen LogP contribution in [0.5, 0.6) is 11.5 Å². The Kier molecular flexibility index (Phi) is 5.64. The Hall–Kier alpha value is -3.02. The molecular weight excluding hydrogens is 389 g/mol. The van der Waals surface area contributed by atoms with Crippen LogP contribution >= 0.6 is 23.2 Å². The molecule has 0 aliphatic heterocycles. The maximum absolute atomic E-state index is 12.5. The highest BCUT2D eigenvalue weighted by Gasteiger charge is 2.19. The lowest BCUT2D eigenvalue weighted by atomic mass is 10.1. The van der Waals surface area contributed by atoms with Gasteiger partial charge in [-0.1, -0.05) is 41.4 Å². The predicted octanol–water partition coefficient (Wildman–Crippen LogP) is 5.74. The van der Waals surface area contributed by atoms with Crippen molar-refractivity contribution in [3.8, 4) is 11.5 Å². The normalized spacial score (nSPS) is 10.3. The number of halogens is 2. The van der Waals surface area contributed by atoms with Crippen molar-refractivity contribution in [2.45, 2.75) is 0 Å². The van der Waals surface area contributed by atoms with Gasteiger partial charge < -0.3 is 15.2 Å². The molecule has 0 aliphatic rings. The lowest BCUT2D eigenvalue weighted by Crippen LogP contribution is -2.16. The van der Waals surface area contributed by atoms with Crippen LogP contribution in [0.2, 0.25) is 10.0 Å². The van der Waals surface area contributed by atoms with Crippen molar-refractivity contribution in [2.75, 3.05) is 5.32 Å². The molecule has 0 atom stereocenters. The third kappa shape index (κ3) is 4.58. The van der Waals surface area contributed by atoms with Crippen molar-refractivity contribution in [3.63, 3.8) is 0 Å². The number of para-hydroxylation sites is 1. The molecule has 3 rings (SSSR count). The molecule has 2 N–H and O–H groups in total. The minimum atomic E-state index is -1.27. The number of hydrogen-bond acceptors (Lipinski definition) is 3. The van der Waals surface area contributed by atoms with E-state index in [2.05, 4.69) is 5.32 Å². The molecule has 3 aromatic carbocycles. The number of nitrogens with one attached hydrogen (secondary N) is 1. The second-order valence-corrected chi connectivity index (χ2v) is 6.33. The van der Waals surface area contributed by atoms with E-state index in [1.165, 1.54) is 6.07 Å². The number of anilines is 1. The van der Waals surface area contributed by atoms with Gasteiger partial charge in [-0.2, -0.15) is 0 Å². The van der Waals surface area contributed by atoms with E-state index < -0.39 is 11.9 Å². The first kappa shape index (κ1) is 18.8. The monoisotopic (exact) mass is 401 g/mol. The Morgan fingerprint density at radius 1 is 0.815 bits per heavy atom. The van der Waals surface area contributed by atoms with Crippen molar-refractivity contribution in [3.05, 3.63) is 87.9 Å². The molecule has 0 bridgehead atoms. The Morgan fingerprint density at radius 2 is 1.37 bits per heavy atom. The highest BCUT2D eigenvalue weighted by molar-refractivity contribution is 6.42. The number of benzene rings is 3. The predicted molar refractivity (Wildman–Crippen MR) is 104 cm³/mol. The minimum Gasteiger partial charge on any atom is -0.478 e. The van der Waals surface area contributed by atoms with Gasteiger partial charge in [-0.05, 0) is 48.5 Å². The maximum atomic E-state index is 12.5. The first-order valence-corrected chi connectivity index (χ1v) is 8.56. The molecule has 27 heavy (non-hydrogen) atoms. The number of amides is 1. The van der Waals surface area contributed by atoms with Crippen molar-refractivity contribution in [1.29, 1.82) is 0 Å². The van der Waals surface area contributed by atoms with Gasteiger partial charge in [0.25, 0.3) is 5.91 Å². The molecule has 0 saturated carbocycles. The van der Waals surface area contributed by atoms with E-state index in [0.717, 1.165) is 6.07 Å². The second kappa shape index (κ2) is 8.12. The van der Waals surface area contributed by atoms with Crippen LogP contribution in [0, 0.1) is 0 Å². The first-order chi connectivity index (χ1) is 12.9. The number of aromatic carboxylic acids is 1. The zero-order chi connectivity index (χ0) is 19.4. The van der Waals surface area contributed by atoms with E-state index in [1.54, 1.807) is 24.3 Å². The third-order valence-corrected chi connectivity index (χ3v) is 4.35. The highest BCUT2D eigenvalue weighted by atomic mass is 35.5. The van der Waals surface area contributed by atoms with Crippen molar-refractivity contribution in [1.82, 2.24) is 0 Å². The molecule has 5 nitrogen and oxygen atoms in total. The minimum absolute atomic E-state index is 0.0630. The quantitative estimate of drug-likeness (QED) is 0.571. The van der Waals surface area contributed by atoms with E-state index in [9.17, 15) is 14.7 Å². The van der Waals surface area contributed by atoms with Gasteiger partial charge in [-0.25, -0.2) is 4.79 Å². The van der Waals surface area contributed by atoms with Gasteiger partial charge in [-0.3, -0.25) is 4.79 Å². The van der Waals surface area contributed by atoms with Crippen LogP contribution in [0.15, 0.2) is 66.7 Å². The Bertz CT molecular complexity index is 989. The third-order valence-electron chi connectivity index (χ3n) is 3.63. The summed E-state index contributed by atoms with van der Waals surface area (Å²) < 4.78 is 5.68. The van der Waals surface area contributed by atoms with Crippen molar-refractivity contribution in [2.24, 2.45) is 0 Å². The summed E-state index contributed by atoms with van der Waals surface area (Å²) in [6.07, 6.45) is 0. The van der Waals surface area contributed by atoms with Gasteiger partial charge >= 0.3 is 5.97 Å².